The van der Waals surface area contributed by atoms with E-state index >= 15 is 0 Å². The van der Waals surface area contributed by atoms with Crippen LogP contribution in [0.25, 0.3) is 0 Å². The average Bonchev–Trinajstić information content (AvgIpc) is 1.79. The summed E-state index contributed by atoms with van der Waals surface area (Å²) < 4.78 is 34.3. The molecule has 0 fully saturated rings. The first-order valence-electron chi connectivity index (χ1n) is 3.06. The smallest absolute Gasteiger partial charge is 0.748 e. The van der Waals surface area contributed by atoms with Crippen LogP contribution in [0, 0.1) is 0 Å². The van der Waals surface area contributed by atoms with Gasteiger partial charge in [-0.3, -0.25) is 4.79 Å². The van der Waals surface area contributed by atoms with Crippen LogP contribution < -0.4 is 18.9 Å². The molecule has 13 heavy (non-hydrogen) atoms. The average molecular weight is 204 g/mol. The molecule has 0 amide bonds. The van der Waals surface area contributed by atoms with Crippen LogP contribution in [0.5, 0.6) is 0 Å². The Bertz CT molecular complexity index is 248. The molecule has 0 bridgehead atoms. The second-order valence-corrected chi connectivity index (χ2v) is 3.63. The van der Waals surface area contributed by atoms with Crippen LogP contribution in [0.1, 0.15) is 6.92 Å². The topological polar surface area (TPSA) is 104 Å². The maximum absolute atomic E-state index is 10.2. The molecule has 0 aliphatic carbocycles. The number of esters is 1. The molecule has 0 spiro atoms. The molecule has 8 heteroatoms. The van der Waals surface area contributed by atoms with Crippen molar-refractivity contribution < 1.29 is 46.5 Å². The van der Waals surface area contributed by atoms with Gasteiger partial charge in [-0.15, -0.1) is 0 Å². The number of aliphatic hydroxyl groups excluding tert-OH is 1. The number of ether oxygens (including phenoxy) is 1. The van der Waals surface area contributed by atoms with Crippen molar-refractivity contribution in [2.75, 3.05) is 12.4 Å². The second kappa shape index (κ2) is 6.40. The molecule has 72 valence electrons. The van der Waals surface area contributed by atoms with E-state index in [1.54, 1.807) is 0 Å². The molecular weight excluding hydrogens is 195 g/mol. The number of carbonyl (C=O) groups excluding carboxylic acids is 1. The van der Waals surface area contributed by atoms with Gasteiger partial charge in [-0.25, -0.2) is 8.42 Å². The SMILES string of the molecule is CC(=O)OCC(O)CS(=O)(=O)[O-].[Li+]. The van der Waals surface area contributed by atoms with E-state index in [1.807, 2.05) is 0 Å². The zero-order chi connectivity index (χ0) is 9.78. The summed E-state index contributed by atoms with van der Waals surface area (Å²) in [4.78, 5) is 10.2. The van der Waals surface area contributed by atoms with Gasteiger partial charge >= 0.3 is 24.8 Å². The van der Waals surface area contributed by atoms with Gasteiger partial charge in [-0.1, -0.05) is 0 Å². The summed E-state index contributed by atoms with van der Waals surface area (Å²) in [5.41, 5.74) is 0. The number of carbonyl (C=O) groups is 1. The van der Waals surface area contributed by atoms with Crippen LogP contribution in [0.15, 0.2) is 0 Å². The first kappa shape index (κ1) is 15.4. The molecule has 6 nitrogen and oxygen atoms in total. The maximum Gasteiger partial charge on any atom is 1.00 e. The van der Waals surface area contributed by atoms with E-state index < -0.39 is 34.6 Å². The molecule has 0 aliphatic heterocycles. The Balaban J connectivity index is 0. The monoisotopic (exact) mass is 204 g/mol. The summed E-state index contributed by atoms with van der Waals surface area (Å²) in [7, 11) is -4.46. The van der Waals surface area contributed by atoms with E-state index in [4.69, 9.17) is 5.11 Å². The van der Waals surface area contributed by atoms with Crippen molar-refractivity contribution in [3.8, 4) is 0 Å². The molecule has 0 saturated carbocycles. The Labute approximate surface area is 88.2 Å². The third kappa shape index (κ3) is 11.9. The molecule has 0 aromatic heterocycles. The van der Waals surface area contributed by atoms with Gasteiger partial charge in [0, 0.05) is 6.92 Å². The summed E-state index contributed by atoms with van der Waals surface area (Å²) in [6.45, 7) is 0.634. The molecule has 0 rings (SSSR count). The van der Waals surface area contributed by atoms with E-state index in [2.05, 4.69) is 4.74 Å². The number of hydrogen-bond donors (Lipinski definition) is 1. The molecule has 0 radical (unpaired) electrons. The molecular formula is C5H9LiO6S. The van der Waals surface area contributed by atoms with E-state index in [0.717, 1.165) is 6.92 Å². The minimum Gasteiger partial charge on any atom is -0.748 e. The van der Waals surface area contributed by atoms with Crippen molar-refractivity contribution in [1.29, 1.82) is 0 Å². The van der Waals surface area contributed by atoms with Gasteiger partial charge in [0.2, 0.25) is 0 Å². The van der Waals surface area contributed by atoms with Crippen molar-refractivity contribution in [2.45, 2.75) is 13.0 Å². The Kier molecular flexibility index (Phi) is 7.59. The van der Waals surface area contributed by atoms with Gasteiger partial charge in [-0.05, 0) is 0 Å². The van der Waals surface area contributed by atoms with E-state index in [9.17, 15) is 17.8 Å². The Morgan fingerprint density at radius 1 is 1.62 bits per heavy atom. The largest absolute Gasteiger partial charge is 1.00 e. The fourth-order valence-corrected chi connectivity index (χ4v) is 1.06. The van der Waals surface area contributed by atoms with E-state index in [0.29, 0.717) is 0 Å². The van der Waals surface area contributed by atoms with Crippen molar-refractivity contribution in [3.05, 3.63) is 0 Å². The summed E-state index contributed by atoms with van der Waals surface area (Å²) >= 11 is 0. The van der Waals surface area contributed by atoms with Crippen LogP contribution in [-0.4, -0.2) is 42.5 Å². The summed E-state index contributed by atoms with van der Waals surface area (Å²) in [6, 6.07) is 0. The molecule has 1 atom stereocenters. The van der Waals surface area contributed by atoms with Crippen LogP contribution in [0.3, 0.4) is 0 Å². The van der Waals surface area contributed by atoms with Crippen LogP contribution in [0.4, 0.5) is 0 Å². The third-order valence-corrected chi connectivity index (χ3v) is 1.67. The first-order chi connectivity index (χ1) is 5.31. The molecule has 0 heterocycles. The molecule has 1 N–H and O–H groups in total. The standard InChI is InChI=1S/C5H10O6S.Li/c1-4(6)11-2-5(7)3-12(8,9)10;/h5,7H,2-3H2,1H3,(H,8,9,10);/q;+1/p-1. The summed E-state index contributed by atoms with van der Waals surface area (Å²) in [5.74, 6) is -1.59. The quantitative estimate of drug-likeness (QED) is 0.281. The Hall–Kier alpha value is -0.0626. The van der Waals surface area contributed by atoms with Gasteiger partial charge in [0.1, 0.15) is 12.7 Å². The zero-order valence-electron chi connectivity index (χ0n) is 7.39. The van der Waals surface area contributed by atoms with Crippen LogP contribution >= 0.6 is 0 Å². The van der Waals surface area contributed by atoms with Gasteiger partial charge < -0.3 is 14.4 Å². The fraction of sp³-hybridized carbons (Fsp3) is 0.800. The molecule has 0 aliphatic rings. The number of hydrogen-bond acceptors (Lipinski definition) is 6. The molecule has 0 aromatic rings. The van der Waals surface area contributed by atoms with Crippen LogP contribution in [-0.2, 0) is 19.6 Å². The summed E-state index contributed by atoms with van der Waals surface area (Å²) in [5, 5.41) is 8.78. The number of rotatable bonds is 4. The van der Waals surface area contributed by atoms with Gasteiger partial charge in [0.05, 0.1) is 15.9 Å². The minimum atomic E-state index is -4.46. The van der Waals surface area contributed by atoms with Gasteiger partial charge in [0.15, 0.2) is 0 Å². The predicted octanol–water partition coefficient (Wildman–Crippen LogP) is -4.54. The normalized spacial score (nSPS) is 12.8. The third-order valence-electron chi connectivity index (χ3n) is 0.875. The fourth-order valence-electron chi connectivity index (χ4n) is 0.497. The van der Waals surface area contributed by atoms with Gasteiger partial charge in [-0.2, -0.15) is 0 Å². The van der Waals surface area contributed by atoms with Crippen molar-refractivity contribution in [1.82, 2.24) is 0 Å². The van der Waals surface area contributed by atoms with E-state index in [1.165, 1.54) is 0 Å². The first-order valence-corrected chi connectivity index (χ1v) is 4.64. The zero-order valence-corrected chi connectivity index (χ0v) is 8.20. The molecule has 1 unspecified atom stereocenters. The molecule has 0 aromatic carbocycles. The van der Waals surface area contributed by atoms with Crippen molar-refractivity contribution in [2.24, 2.45) is 0 Å². The van der Waals surface area contributed by atoms with Gasteiger partial charge in [0.25, 0.3) is 0 Å². The maximum atomic E-state index is 10.2. The summed E-state index contributed by atoms with van der Waals surface area (Å²) in [6.07, 6.45) is -1.45. The molecule has 0 saturated heterocycles. The second-order valence-electron chi connectivity index (χ2n) is 2.18. The van der Waals surface area contributed by atoms with E-state index in [-0.39, 0.29) is 18.9 Å². The number of aliphatic hydroxyl groups is 1. The van der Waals surface area contributed by atoms with Crippen LogP contribution in [0.2, 0.25) is 0 Å². The minimum absolute atomic E-state index is 0. The van der Waals surface area contributed by atoms with Crippen molar-refractivity contribution >= 4 is 16.1 Å². The Morgan fingerprint density at radius 2 is 2.08 bits per heavy atom. The Morgan fingerprint density at radius 3 is 2.38 bits per heavy atom. The van der Waals surface area contributed by atoms with Crippen molar-refractivity contribution in [3.63, 3.8) is 0 Å². The predicted molar refractivity (Wildman–Crippen MR) is 37.2 cm³/mol.